The molecule has 0 atom stereocenters. The van der Waals surface area contributed by atoms with E-state index in [4.69, 9.17) is 4.84 Å². The van der Waals surface area contributed by atoms with Crippen LogP contribution in [0, 0.1) is 0 Å². The first-order valence-corrected chi connectivity index (χ1v) is 4.86. The molecular formula is C11H18N2O. The number of anilines is 1. The molecule has 0 radical (unpaired) electrons. The lowest BCUT2D eigenvalue weighted by Gasteiger charge is -2.10. The molecule has 0 aliphatic carbocycles. The van der Waals surface area contributed by atoms with Crippen LogP contribution in [0.3, 0.4) is 0 Å². The molecule has 1 N–H and O–H groups in total. The predicted molar refractivity (Wildman–Crippen MR) is 59.2 cm³/mol. The first-order chi connectivity index (χ1) is 6.79. The van der Waals surface area contributed by atoms with Gasteiger partial charge in [-0.15, -0.1) is 0 Å². The molecule has 3 heteroatoms. The molecule has 0 aromatic heterocycles. The molecule has 1 rings (SSSR count). The highest BCUT2D eigenvalue weighted by Gasteiger charge is 1.91. The molecule has 0 saturated heterocycles. The lowest BCUT2D eigenvalue weighted by molar-refractivity contribution is 0.180. The van der Waals surface area contributed by atoms with Crippen molar-refractivity contribution in [2.75, 3.05) is 32.7 Å². The number of benzene rings is 1. The summed E-state index contributed by atoms with van der Waals surface area (Å²) in [6, 6.07) is 9.89. The molecule has 1 aromatic carbocycles. The topological polar surface area (TPSA) is 24.5 Å². The summed E-state index contributed by atoms with van der Waals surface area (Å²) in [6.45, 7) is 1.78. The molecule has 0 heterocycles. The molecule has 14 heavy (non-hydrogen) atoms. The van der Waals surface area contributed by atoms with Gasteiger partial charge in [-0.2, -0.15) is 0 Å². The maximum Gasteiger partial charge on any atom is 0.0758 e. The Morgan fingerprint density at radius 2 is 1.93 bits per heavy atom. The van der Waals surface area contributed by atoms with Crippen LogP contribution in [0.5, 0.6) is 0 Å². The van der Waals surface area contributed by atoms with Crippen LogP contribution in [0.25, 0.3) is 0 Å². The van der Waals surface area contributed by atoms with Crippen molar-refractivity contribution in [1.82, 2.24) is 4.90 Å². The normalized spacial score (nSPS) is 10.5. The zero-order valence-electron chi connectivity index (χ0n) is 8.86. The van der Waals surface area contributed by atoms with E-state index in [1.54, 1.807) is 0 Å². The fourth-order valence-corrected chi connectivity index (χ4v) is 1.09. The molecule has 0 aliphatic heterocycles. The van der Waals surface area contributed by atoms with E-state index in [9.17, 15) is 0 Å². The Bertz CT molecular complexity index is 236. The van der Waals surface area contributed by atoms with Gasteiger partial charge < -0.3 is 4.90 Å². The fourth-order valence-electron chi connectivity index (χ4n) is 1.09. The monoisotopic (exact) mass is 194 g/mol. The van der Waals surface area contributed by atoms with Gasteiger partial charge in [0.2, 0.25) is 0 Å². The van der Waals surface area contributed by atoms with Crippen LogP contribution in [0.2, 0.25) is 0 Å². The maximum atomic E-state index is 5.29. The number of hydrogen-bond donors (Lipinski definition) is 1. The van der Waals surface area contributed by atoms with Gasteiger partial charge in [0.05, 0.1) is 12.3 Å². The zero-order valence-corrected chi connectivity index (χ0v) is 8.86. The van der Waals surface area contributed by atoms with Crippen LogP contribution >= 0.6 is 0 Å². The molecule has 0 unspecified atom stereocenters. The Hall–Kier alpha value is -1.06. The van der Waals surface area contributed by atoms with Crippen molar-refractivity contribution in [3.63, 3.8) is 0 Å². The zero-order chi connectivity index (χ0) is 10.2. The fraction of sp³-hybridized carbons (Fsp3) is 0.455. The van der Waals surface area contributed by atoms with E-state index in [1.165, 1.54) is 0 Å². The minimum Gasteiger partial charge on any atom is -0.309 e. The summed E-state index contributed by atoms with van der Waals surface area (Å²) in [6.07, 6.45) is 1.03. The Labute approximate surface area is 85.6 Å². The largest absolute Gasteiger partial charge is 0.309 e. The smallest absolute Gasteiger partial charge is 0.0758 e. The van der Waals surface area contributed by atoms with Crippen molar-refractivity contribution in [2.45, 2.75) is 6.42 Å². The number of para-hydroxylation sites is 1. The highest BCUT2D eigenvalue weighted by molar-refractivity contribution is 5.39. The maximum absolute atomic E-state index is 5.29. The van der Waals surface area contributed by atoms with E-state index in [0.717, 1.165) is 25.3 Å². The highest BCUT2D eigenvalue weighted by Crippen LogP contribution is 2.04. The molecule has 0 amide bonds. The van der Waals surface area contributed by atoms with Crippen molar-refractivity contribution in [1.29, 1.82) is 0 Å². The number of nitrogens with one attached hydrogen (secondary N) is 1. The second kappa shape index (κ2) is 6.40. The third kappa shape index (κ3) is 4.84. The Balaban J connectivity index is 2.05. The van der Waals surface area contributed by atoms with Crippen LogP contribution in [-0.4, -0.2) is 32.1 Å². The van der Waals surface area contributed by atoms with Crippen molar-refractivity contribution < 1.29 is 4.84 Å². The molecule has 78 valence electrons. The van der Waals surface area contributed by atoms with Gasteiger partial charge in [0.15, 0.2) is 0 Å². The van der Waals surface area contributed by atoms with Gasteiger partial charge in [-0.3, -0.25) is 10.3 Å². The first-order valence-electron chi connectivity index (χ1n) is 4.86. The third-order valence-corrected chi connectivity index (χ3v) is 1.82. The van der Waals surface area contributed by atoms with E-state index in [1.807, 2.05) is 30.3 Å². The predicted octanol–water partition coefficient (Wildman–Crippen LogP) is 1.98. The van der Waals surface area contributed by atoms with E-state index < -0.39 is 0 Å². The molecule has 0 fully saturated rings. The summed E-state index contributed by atoms with van der Waals surface area (Å²) in [5, 5.41) is 0. The van der Waals surface area contributed by atoms with Crippen molar-refractivity contribution in [3.05, 3.63) is 30.3 Å². The molecule has 0 spiro atoms. The van der Waals surface area contributed by atoms with Gasteiger partial charge in [0.25, 0.3) is 0 Å². The second-order valence-electron chi connectivity index (χ2n) is 3.47. The van der Waals surface area contributed by atoms with Gasteiger partial charge in [-0.05, 0) is 39.2 Å². The molecule has 1 aromatic rings. The molecule has 0 bridgehead atoms. The summed E-state index contributed by atoms with van der Waals surface area (Å²) >= 11 is 0. The van der Waals surface area contributed by atoms with Crippen molar-refractivity contribution >= 4 is 5.69 Å². The minimum atomic E-state index is 0.729. The summed E-state index contributed by atoms with van der Waals surface area (Å²) in [4.78, 5) is 7.44. The molecular weight excluding hydrogens is 176 g/mol. The van der Waals surface area contributed by atoms with Crippen molar-refractivity contribution in [3.8, 4) is 0 Å². The summed E-state index contributed by atoms with van der Waals surface area (Å²) < 4.78 is 0. The van der Waals surface area contributed by atoms with Crippen molar-refractivity contribution in [2.24, 2.45) is 0 Å². The van der Waals surface area contributed by atoms with Crippen LogP contribution in [0.4, 0.5) is 5.69 Å². The van der Waals surface area contributed by atoms with Crippen LogP contribution in [0.1, 0.15) is 6.42 Å². The number of rotatable bonds is 6. The number of nitrogens with zero attached hydrogens (tertiary/aromatic N) is 1. The van der Waals surface area contributed by atoms with Gasteiger partial charge >= 0.3 is 0 Å². The van der Waals surface area contributed by atoms with Gasteiger partial charge in [0.1, 0.15) is 0 Å². The van der Waals surface area contributed by atoms with Crippen LogP contribution < -0.4 is 5.48 Å². The minimum absolute atomic E-state index is 0.729. The van der Waals surface area contributed by atoms with Gasteiger partial charge in [-0.25, -0.2) is 0 Å². The van der Waals surface area contributed by atoms with Crippen LogP contribution in [0.15, 0.2) is 30.3 Å². The lowest BCUT2D eigenvalue weighted by atomic mass is 10.3. The quantitative estimate of drug-likeness (QED) is 0.553. The Morgan fingerprint density at radius 1 is 1.21 bits per heavy atom. The van der Waals surface area contributed by atoms with E-state index in [-0.39, 0.29) is 0 Å². The Kier molecular flexibility index (Phi) is 5.04. The standard InChI is InChI=1S/C11H18N2O/c1-13(2)9-6-10-14-12-11-7-4-3-5-8-11/h3-5,7-8,12H,6,9-10H2,1-2H3. The summed E-state index contributed by atoms with van der Waals surface area (Å²) in [5.74, 6) is 0. The first kappa shape index (κ1) is 11.0. The summed E-state index contributed by atoms with van der Waals surface area (Å²) in [5.41, 5.74) is 3.90. The second-order valence-corrected chi connectivity index (χ2v) is 3.47. The number of hydrogen-bond acceptors (Lipinski definition) is 3. The van der Waals surface area contributed by atoms with E-state index in [0.29, 0.717) is 0 Å². The highest BCUT2D eigenvalue weighted by atomic mass is 16.6. The lowest BCUT2D eigenvalue weighted by Crippen LogP contribution is -2.15. The van der Waals surface area contributed by atoms with Crippen LogP contribution in [-0.2, 0) is 4.84 Å². The SMILES string of the molecule is CN(C)CCCONc1ccccc1. The van der Waals surface area contributed by atoms with Gasteiger partial charge in [-0.1, -0.05) is 18.2 Å². The Morgan fingerprint density at radius 3 is 2.57 bits per heavy atom. The average Bonchev–Trinajstić information content (AvgIpc) is 2.18. The molecule has 3 nitrogen and oxygen atoms in total. The third-order valence-electron chi connectivity index (χ3n) is 1.82. The molecule has 0 saturated carbocycles. The average molecular weight is 194 g/mol. The van der Waals surface area contributed by atoms with Gasteiger partial charge in [0, 0.05) is 0 Å². The molecule has 0 aliphatic rings. The summed E-state index contributed by atoms with van der Waals surface area (Å²) in [7, 11) is 4.12. The van der Waals surface area contributed by atoms with E-state index in [2.05, 4.69) is 24.5 Å². The van der Waals surface area contributed by atoms with E-state index >= 15 is 0 Å².